The van der Waals surface area contributed by atoms with Gasteiger partial charge in [0.15, 0.2) is 11.3 Å². The highest BCUT2D eigenvalue weighted by Crippen LogP contribution is 2.70. The molecule has 10 aromatic rings. The molecule has 3 atom stereocenters. The summed E-state index contributed by atoms with van der Waals surface area (Å²) in [7, 11) is 0. The zero-order chi connectivity index (χ0) is 56.6. The van der Waals surface area contributed by atoms with Gasteiger partial charge in [-0.1, -0.05) is 191 Å². The maximum atomic E-state index is 7.60. The van der Waals surface area contributed by atoms with Gasteiger partial charge in [-0.05, 0) is 180 Å². The first-order chi connectivity index (χ1) is 41.1. The topological polar surface area (TPSA) is 32.8 Å². The minimum Gasteiger partial charge on any atom is -0.454 e. The van der Waals surface area contributed by atoms with Crippen LogP contribution in [-0.4, -0.2) is 0 Å². The number of hydrogen-bond donors (Lipinski definition) is 0. The average molecular weight is 1090 g/mol. The minimum atomic E-state index is -0.727. The van der Waals surface area contributed by atoms with E-state index in [1.54, 1.807) is 0 Å². The van der Waals surface area contributed by atoms with Crippen LogP contribution in [0.2, 0.25) is 0 Å². The van der Waals surface area contributed by atoms with E-state index in [0.717, 1.165) is 99.2 Å². The molecule has 2 aromatic heterocycles. The van der Waals surface area contributed by atoms with Crippen molar-refractivity contribution in [3.63, 3.8) is 0 Å². The highest BCUT2D eigenvalue weighted by Gasteiger charge is 2.62. The van der Waals surface area contributed by atoms with Crippen molar-refractivity contribution in [3.8, 4) is 0 Å². The molecular weight excluding hydrogens is 1020 g/mol. The maximum absolute atomic E-state index is 7.60. The molecule has 4 heteroatoms. The molecule has 8 aromatic carbocycles. The normalized spacial score (nSPS) is 19.5. The largest absolute Gasteiger partial charge is 0.454 e. The zero-order valence-corrected chi connectivity index (χ0v) is 48.8. The Hall–Kier alpha value is -9.12. The van der Waals surface area contributed by atoms with Gasteiger partial charge < -0.3 is 18.6 Å². The number of nitrogens with zero attached hydrogens (tertiary/aromatic N) is 2. The molecule has 4 nitrogen and oxygen atoms in total. The van der Waals surface area contributed by atoms with Gasteiger partial charge in [-0.2, -0.15) is 0 Å². The number of para-hydroxylation sites is 3. The highest BCUT2D eigenvalue weighted by molar-refractivity contribution is 6.14. The van der Waals surface area contributed by atoms with Crippen molar-refractivity contribution in [1.82, 2.24) is 0 Å². The smallest absolute Gasteiger partial charge is 0.159 e. The lowest BCUT2D eigenvalue weighted by molar-refractivity contribution is 0.411. The maximum Gasteiger partial charge on any atom is 0.159 e. The molecule has 0 amide bonds. The predicted octanol–water partition coefficient (Wildman–Crippen LogP) is 21.3. The second kappa shape index (κ2) is 19.2. The van der Waals surface area contributed by atoms with Gasteiger partial charge in [0.2, 0.25) is 0 Å². The van der Waals surface area contributed by atoms with Gasteiger partial charge in [0.25, 0.3) is 0 Å². The van der Waals surface area contributed by atoms with Crippen molar-refractivity contribution < 1.29 is 8.83 Å². The molecule has 6 aliphatic carbocycles. The van der Waals surface area contributed by atoms with E-state index in [1.807, 2.05) is 0 Å². The summed E-state index contributed by atoms with van der Waals surface area (Å²) in [6.45, 7) is 14.0. The fourth-order valence-corrected chi connectivity index (χ4v) is 16.0. The standard InChI is InChI=1S/C80H68N2O2/c1-49-41-43-55(45-59(49)53-27-9-7-10-28-53)81(67-37-21-13-25-51(67)3)69-47-65-75(73-57-31-15-23-39-71(57)83-77(69)73)76-66(80(65)63-35-19-17-33-61(63)79(5,6)62-34-18-20-36-64(62)80)48-70(78-74(76)58-32-16-24-40-72(58)84-78)82(68-38-22-14-26-52(68)4)56-44-42-50(2)60(46-56)54-29-11-8-12-30-54/h7,9,11,13-24,26-27,29-48,51,65,75H,8,10,12,25,28H2,1-6H3. The molecule has 0 fully saturated rings. The summed E-state index contributed by atoms with van der Waals surface area (Å²) >= 11 is 0. The van der Waals surface area contributed by atoms with Crippen LogP contribution in [0.5, 0.6) is 0 Å². The lowest BCUT2D eigenvalue weighted by atomic mass is 9.53. The number of allylic oxidation sites excluding steroid dienone is 13. The fraction of sp³-hybridized carbons (Fsp3) is 0.200. The second-order valence-corrected chi connectivity index (χ2v) is 25.0. The molecule has 0 aliphatic heterocycles. The van der Waals surface area contributed by atoms with Gasteiger partial charge in [-0.25, -0.2) is 0 Å². The van der Waals surface area contributed by atoms with E-state index in [-0.39, 0.29) is 23.2 Å². The van der Waals surface area contributed by atoms with Crippen molar-refractivity contribution >= 4 is 72.5 Å². The molecule has 0 saturated heterocycles. The number of furan rings is 2. The molecule has 0 N–H and O–H groups in total. The number of benzene rings is 8. The van der Waals surface area contributed by atoms with E-state index in [1.165, 1.54) is 83.6 Å². The van der Waals surface area contributed by atoms with Crippen LogP contribution in [0.4, 0.5) is 22.7 Å². The van der Waals surface area contributed by atoms with E-state index in [2.05, 4.69) is 276 Å². The first-order valence-corrected chi connectivity index (χ1v) is 30.5. The van der Waals surface area contributed by atoms with Crippen LogP contribution < -0.4 is 9.80 Å². The van der Waals surface area contributed by atoms with Crippen molar-refractivity contribution in [2.24, 2.45) is 11.8 Å². The summed E-state index contributed by atoms with van der Waals surface area (Å²) in [5, 5.41) is 3.42. The Balaban J connectivity index is 1.08. The molecule has 0 radical (unpaired) electrons. The van der Waals surface area contributed by atoms with E-state index in [9.17, 15) is 0 Å². The van der Waals surface area contributed by atoms with Crippen molar-refractivity contribution in [3.05, 3.63) is 303 Å². The third-order valence-electron chi connectivity index (χ3n) is 19.9. The van der Waals surface area contributed by atoms with Gasteiger partial charge in [-0.15, -0.1) is 0 Å². The molecule has 84 heavy (non-hydrogen) atoms. The summed E-state index contributed by atoms with van der Waals surface area (Å²) in [5.74, 6) is 0.831. The van der Waals surface area contributed by atoms with Gasteiger partial charge in [0.1, 0.15) is 11.2 Å². The molecule has 16 rings (SSSR count). The molecule has 410 valence electrons. The van der Waals surface area contributed by atoms with Crippen LogP contribution in [0.25, 0.3) is 49.8 Å². The molecule has 0 bridgehead atoms. The molecular formula is C80H68N2O2. The van der Waals surface area contributed by atoms with Crippen LogP contribution >= 0.6 is 0 Å². The van der Waals surface area contributed by atoms with Gasteiger partial charge in [-0.3, -0.25) is 0 Å². The summed E-state index contributed by atoms with van der Waals surface area (Å²) in [6.07, 6.45) is 28.6. The Bertz CT molecular complexity index is 4600. The third-order valence-corrected chi connectivity index (χ3v) is 19.9. The SMILES string of the molecule is Cc1ccc(N(c2ccccc2C)c2cc3c(c4c2oc2ccccc24)C2c4c(oc5ccccc45)C(N(C4=CC=CCC4C)c4ccc(C)c(C5=CC=CCC5)c4)=CC2C32c3ccccc3C(C)(C)c3ccccc32)cc1C1=CCCC=C1. The summed E-state index contributed by atoms with van der Waals surface area (Å²) in [6, 6.07) is 62.3. The lowest BCUT2D eigenvalue weighted by Crippen LogP contribution is -2.45. The van der Waals surface area contributed by atoms with E-state index >= 15 is 0 Å². The molecule has 1 spiro atoms. The van der Waals surface area contributed by atoms with Crippen LogP contribution in [0.15, 0.2) is 239 Å². The molecule has 6 aliphatic rings. The summed E-state index contributed by atoms with van der Waals surface area (Å²) in [5.41, 5.74) is 26.5. The number of hydrogen-bond acceptors (Lipinski definition) is 4. The Kier molecular flexibility index (Phi) is 11.6. The minimum absolute atomic E-state index is 0.155. The predicted molar refractivity (Wildman–Crippen MR) is 350 cm³/mol. The summed E-state index contributed by atoms with van der Waals surface area (Å²) < 4.78 is 15.2. The first-order valence-electron chi connectivity index (χ1n) is 30.5. The number of aryl methyl sites for hydroxylation is 3. The van der Waals surface area contributed by atoms with Crippen LogP contribution in [0, 0.1) is 32.6 Å². The Morgan fingerprint density at radius 3 is 1.90 bits per heavy atom. The average Bonchev–Trinajstić information content (AvgIpc) is 1.48. The van der Waals surface area contributed by atoms with E-state index < -0.39 is 5.41 Å². The number of anilines is 4. The molecule has 0 saturated carbocycles. The van der Waals surface area contributed by atoms with Crippen LogP contribution in [-0.2, 0) is 10.8 Å². The van der Waals surface area contributed by atoms with Gasteiger partial charge in [0.05, 0.1) is 16.8 Å². The Morgan fingerprint density at radius 2 is 1.19 bits per heavy atom. The Labute approximate surface area is 493 Å². The second-order valence-electron chi connectivity index (χ2n) is 25.0. The van der Waals surface area contributed by atoms with Crippen LogP contribution in [0.1, 0.15) is 131 Å². The van der Waals surface area contributed by atoms with Crippen LogP contribution in [0.3, 0.4) is 0 Å². The zero-order valence-electron chi connectivity index (χ0n) is 48.8. The molecule has 2 heterocycles. The van der Waals surface area contributed by atoms with Crippen molar-refractivity contribution in [2.75, 3.05) is 9.80 Å². The lowest BCUT2D eigenvalue weighted by Gasteiger charge is -2.50. The third kappa shape index (κ3) is 7.32. The molecule has 3 unspecified atom stereocenters. The summed E-state index contributed by atoms with van der Waals surface area (Å²) in [4.78, 5) is 5.13. The Morgan fingerprint density at radius 1 is 0.536 bits per heavy atom. The van der Waals surface area contributed by atoms with Gasteiger partial charge >= 0.3 is 0 Å². The van der Waals surface area contributed by atoms with Crippen molar-refractivity contribution in [1.29, 1.82) is 0 Å². The van der Waals surface area contributed by atoms with Crippen molar-refractivity contribution in [2.45, 2.75) is 90.4 Å². The first kappa shape index (κ1) is 50.6. The monoisotopic (exact) mass is 1090 g/mol. The van der Waals surface area contributed by atoms with Gasteiger partial charge in [0, 0.05) is 67.7 Å². The number of rotatable bonds is 8. The van der Waals surface area contributed by atoms with E-state index in [4.69, 9.17) is 8.83 Å². The highest BCUT2D eigenvalue weighted by atomic mass is 16.3. The fourth-order valence-electron chi connectivity index (χ4n) is 16.0. The number of fused-ring (bicyclic) bond motifs is 17. The van der Waals surface area contributed by atoms with E-state index in [0.29, 0.717) is 0 Å². The quantitative estimate of drug-likeness (QED) is 0.152.